The third-order valence-corrected chi connectivity index (χ3v) is 3.75. The van der Waals surface area contributed by atoms with Crippen molar-refractivity contribution >= 4 is 0 Å². The topological polar surface area (TPSA) is 47.3 Å². The van der Waals surface area contributed by atoms with Gasteiger partial charge in [0, 0.05) is 20.1 Å². The Balaban J connectivity index is 1.91. The number of aromatic nitrogens is 1. The van der Waals surface area contributed by atoms with Gasteiger partial charge in [-0.2, -0.15) is 0 Å². The summed E-state index contributed by atoms with van der Waals surface area (Å²) < 4.78 is 11.2. The lowest BCUT2D eigenvalue weighted by Gasteiger charge is -2.40. The van der Waals surface area contributed by atoms with E-state index in [0.29, 0.717) is 5.92 Å². The quantitative estimate of drug-likeness (QED) is 0.810. The SMILES string of the molecule is COC1(Cc2ocnc2CNCC(C)C)CCC1. The molecule has 0 spiro atoms. The summed E-state index contributed by atoms with van der Waals surface area (Å²) in [6.07, 6.45) is 5.90. The van der Waals surface area contributed by atoms with Crippen LogP contribution >= 0.6 is 0 Å². The number of nitrogens with zero attached hydrogens (tertiary/aromatic N) is 1. The Labute approximate surface area is 109 Å². The average Bonchev–Trinajstić information content (AvgIpc) is 2.70. The van der Waals surface area contributed by atoms with Gasteiger partial charge in [-0.1, -0.05) is 13.8 Å². The minimum Gasteiger partial charge on any atom is -0.448 e. The van der Waals surface area contributed by atoms with E-state index in [0.717, 1.165) is 43.8 Å². The molecule has 0 saturated heterocycles. The summed E-state index contributed by atoms with van der Waals surface area (Å²) in [7, 11) is 1.80. The highest BCUT2D eigenvalue weighted by molar-refractivity contribution is 5.12. The summed E-state index contributed by atoms with van der Waals surface area (Å²) in [6.45, 7) is 6.18. The lowest BCUT2D eigenvalue weighted by molar-refractivity contribution is -0.0739. The van der Waals surface area contributed by atoms with Crippen molar-refractivity contribution in [1.82, 2.24) is 10.3 Å². The highest BCUT2D eigenvalue weighted by Crippen LogP contribution is 2.38. The van der Waals surface area contributed by atoms with Gasteiger partial charge in [0.2, 0.25) is 0 Å². The molecule has 0 bridgehead atoms. The van der Waals surface area contributed by atoms with Gasteiger partial charge in [-0.05, 0) is 31.7 Å². The normalized spacial score (nSPS) is 18.0. The molecule has 18 heavy (non-hydrogen) atoms. The minimum atomic E-state index is 0.00628. The molecular weight excluding hydrogens is 228 g/mol. The van der Waals surface area contributed by atoms with E-state index in [-0.39, 0.29) is 5.60 Å². The van der Waals surface area contributed by atoms with Crippen LogP contribution in [0.3, 0.4) is 0 Å². The van der Waals surface area contributed by atoms with Crippen molar-refractivity contribution in [3.05, 3.63) is 17.8 Å². The maximum absolute atomic E-state index is 5.64. The van der Waals surface area contributed by atoms with Crippen LogP contribution in [0.15, 0.2) is 10.8 Å². The summed E-state index contributed by atoms with van der Waals surface area (Å²) >= 11 is 0. The zero-order valence-electron chi connectivity index (χ0n) is 11.7. The van der Waals surface area contributed by atoms with Gasteiger partial charge in [0.1, 0.15) is 5.76 Å². The summed E-state index contributed by atoms with van der Waals surface area (Å²) in [5.41, 5.74) is 1.03. The lowest BCUT2D eigenvalue weighted by Crippen LogP contribution is -2.41. The van der Waals surface area contributed by atoms with Crippen LogP contribution in [-0.2, 0) is 17.7 Å². The fraction of sp³-hybridized carbons (Fsp3) is 0.786. The highest BCUT2D eigenvalue weighted by atomic mass is 16.5. The number of nitrogens with one attached hydrogen (secondary N) is 1. The summed E-state index contributed by atoms with van der Waals surface area (Å²) in [5.74, 6) is 1.63. The Morgan fingerprint density at radius 2 is 2.28 bits per heavy atom. The standard InChI is InChI=1S/C14H24N2O2/c1-11(2)8-15-9-12-13(18-10-16-12)7-14(17-3)5-4-6-14/h10-11,15H,4-9H2,1-3H3. The zero-order valence-corrected chi connectivity index (χ0v) is 11.7. The predicted octanol–water partition coefficient (Wildman–Crippen LogP) is 2.53. The van der Waals surface area contributed by atoms with Gasteiger partial charge in [0.15, 0.2) is 6.39 Å². The van der Waals surface area contributed by atoms with Gasteiger partial charge in [0.25, 0.3) is 0 Å². The van der Waals surface area contributed by atoms with E-state index in [1.54, 1.807) is 13.5 Å². The molecule has 1 aromatic rings. The summed E-state index contributed by atoms with van der Waals surface area (Å²) in [4.78, 5) is 4.31. The van der Waals surface area contributed by atoms with Crippen LogP contribution in [0, 0.1) is 5.92 Å². The van der Waals surface area contributed by atoms with Gasteiger partial charge < -0.3 is 14.5 Å². The van der Waals surface area contributed by atoms with E-state index < -0.39 is 0 Å². The number of methoxy groups -OCH3 is 1. The van der Waals surface area contributed by atoms with E-state index in [2.05, 4.69) is 24.1 Å². The Bertz CT molecular complexity index is 364. The zero-order chi connectivity index (χ0) is 13.0. The molecule has 0 aromatic carbocycles. The van der Waals surface area contributed by atoms with Crippen LogP contribution in [0.25, 0.3) is 0 Å². The van der Waals surface area contributed by atoms with Gasteiger partial charge in [-0.15, -0.1) is 0 Å². The van der Waals surface area contributed by atoms with Crippen molar-refractivity contribution in [2.45, 2.75) is 51.7 Å². The average molecular weight is 252 g/mol. The second kappa shape index (κ2) is 5.85. The number of ether oxygens (including phenoxy) is 1. The van der Waals surface area contributed by atoms with E-state index in [1.165, 1.54) is 6.42 Å². The molecule has 102 valence electrons. The fourth-order valence-electron chi connectivity index (χ4n) is 2.38. The maximum atomic E-state index is 5.64. The predicted molar refractivity (Wildman–Crippen MR) is 70.3 cm³/mol. The van der Waals surface area contributed by atoms with Gasteiger partial charge in [0.05, 0.1) is 11.3 Å². The third kappa shape index (κ3) is 3.12. The molecule has 1 aliphatic rings. The third-order valence-electron chi connectivity index (χ3n) is 3.75. The first-order chi connectivity index (χ1) is 8.65. The van der Waals surface area contributed by atoms with E-state index in [1.807, 2.05) is 0 Å². The molecule has 1 saturated carbocycles. The van der Waals surface area contributed by atoms with E-state index in [4.69, 9.17) is 9.15 Å². The Morgan fingerprint density at radius 1 is 1.50 bits per heavy atom. The molecule has 1 fully saturated rings. The minimum absolute atomic E-state index is 0.00628. The molecule has 0 unspecified atom stereocenters. The number of hydrogen-bond donors (Lipinski definition) is 1. The molecule has 1 N–H and O–H groups in total. The number of rotatable bonds is 7. The lowest BCUT2D eigenvalue weighted by atomic mass is 9.77. The van der Waals surface area contributed by atoms with E-state index >= 15 is 0 Å². The second-order valence-corrected chi connectivity index (χ2v) is 5.66. The summed E-state index contributed by atoms with van der Waals surface area (Å²) in [5, 5.41) is 3.40. The second-order valence-electron chi connectivity index (χ2n) is 5.66. The Morgan fingerprint density at radius 3 is 2.83 bits per heavy atom. The molecule has 0 atom stereocenters. The van der Waals surface area contributed by atoms with Crippen LogP contribution < -0.4 is 5.32 Å². The monoisotopic (exact) mass is 252 g/mol. The molecule has 1 aliphatic carbocycles. The molecule has 1 heterocycles. The van der Waals surface area contributed by atoms with Crippen LogP contribution in [0.1, 0.15) is 44.6 Å². The molecule has 0 radical (unpaired) electrons. The smallest absolute Gasteiger partial charge is 0.181 e. The van der Waals surface area contributed by atoms with Gasteiger partial charge in [-0.3, -0.25) is 0 Å². The van der Waals surface area contributed by atoms with E-state index in [9.17, 15) is 0 Å². The molecular formula is C14H24N2O2. The Hall–Kier alpha value is -0.870. The van der Waals surface area contributed by atoms with Crippen LogP contribution in [0.4, 0.5) is 0 Å². The summed E-state index contributed by atoms with van der Waals surface area (Å²) in [6, 6.07) is 0. The molecule has 1 aromatic heterocycles. The van der Waals surface area contributed by atoms with Crippen molar-refractivity contribution in [2.24, 2.45) is 5.92 Å². The van der Waals surface area contributed by atoms with Crippen molar-refractivity contribution in [3.8, 4) is 0 Å². The van der Waals surface area contributed by atoms with Crippen LogP contribution in [-0.4, -0.2) is 24.2 Å². The van der Waals surface area contributed by atoms with Gasteiger partial charge in [-0.25, -0.2) is 4.98 Å². The largest absolute Gasteiger partial charge is 0.448 e. The molecule has 4 heteroatoms. The first kappa shape index (κ1) is 13.6. The molecule has 4 nitrogen and oxygen atoms in total. The number of hydrogen-bond acceptors (Lipinski definition) is 4. The van der Waals surface area contributed by atoms with Crippen molar-refractivity contribution < 1.29 is 9.15 Å². The van der Waals surface area contributed by atoms with Crippen molar-refractivity contribution in [2.75, 3.05) is 13.7 Å². The first-order valence-electron chi connectivity index (χ1n) is 6.82. The van der Waals surface area contributed by atoms with Crippen molar-refractivity contribution in [3.63, 3.8) is 0 Å². The van der Waals surface area contributed by atoms with Crippen LogP contribution in [0.5, 0.6) is 0 Å². The Kier molecular flexibility index (Phi) is 4.40. The number of oxazole rings is 1. The fourth-order valence-corrected chi connectivity index (χ4v) is 2.38. The first-order valence-corrected chi connectivity index (χ1v) is 6.82. The maximum Gasteiger partial charge on any atom is 0.181 e. The highest BCUT2D eigenvalue weighted by Gasteiger charge is 2.38. The van der Waals surface area contributed by atoms with Gasteiger partial charge >= 0.3 is 0 Å². The molecule has 0 aliphatic heterocycles. The van der Waals surface area contributed by atoms with Crippen molar-refractivity contribution in [1.29, 1.82) is 0 Å². The molecule has 0 amide bonds. The van der Waals surface area contributed by atoms with Crippen LogP contribution in [0.2, 0.25) is 0 Å². The molecule has 2 rings (SSSR count).